The Hall–Kier alpha value is -3.57. The molecule has 0 saturated carbocycles. The average Bonchev–Trinajstić information content (AvgIpc) is 3.37. The van der Waals surface area contributed by atoms with Crippen LogP contribution < -0.4 is 10.6 Å². The molecule has 0 aliphatic carbocycles. The standard InChI is InChI=1S/C18H14F3N5O2.CH2F2/c19-18(20,21)10-3-5-11(6-4-10)24-13-2-1-8-22-14(13)17-26-25-16(28-17)12-7-9-23-15(12)27;2-1-3/h1-6,8,12,24H,7,9H2,(H,23,27);1H2. The number of hydrogen-bond acceptors (Lipinski definition) is 6. The van der Waals surface area contributed by atoms with Crippen molar-refractivity contribution in [2.75, 3.05) is 18.8 Å². The lowest BCUT2D eigenvalue weighted by Crippen LogP contribution is -2.18. The highest BCUT2D eigenvalue weighted by Gasteiger charge is 2.32. The van der Waals surface area contributed by atoms with E-state index in [4.69, 9.17) is 4.42 Å². The third kappa shape index (κ3) is 5.32. The number of benzene rings is 1. The molecular weight excluding hydrogens is 425 g/mol. The van der Waals surface area contributed by atoms with Crippen molar-refractivity contribution in [1.82, 2.24) is 20.5 Å². The van der Waals surface area contributed by atoms with Gasteiger partial charge in [-0.3, -0.25) is 4.79 Å². The van der Waals surface area contributed by atoms with E-state index >= 15 is 0 Å². The normalized spacial score (nSPS) is 15.8. The van der Waals surface area contributed by atoms with E-state index in [1.54, 1.807) is 12.1 Å². The molecule has 1 fully saturated rings. The summed E-state index contributed by atoms with van der Waals surface area (Å²) in [4.78, 5) is 16.0. The van der Waals surface area contributed by atoms with Gasteiger partial charge in [0.2, 0.25) is 18.7 Å². The first-order chi connectivity index (χ1) is 14.8. The van der Waals surface area contributed by atoms with Gasteiger partial charge in [0.15, 0.2) is 5.69 Å². The number of nitrogens with zero attached hydrogens (tertiary/aromatic N) is 3. The Kier molecular flexibility index (Phi) is 6.78. The maximum atomic E-state index is 12.7. The van der Waals surface area contributed by atoms with Gasteiger partial charge in [-0.05, 0) is 42.8 Å². The molecule has 7 nitrogen and oxygen atoms in total. The predicted octanol–water partition coefficient (Wildman–Crippen LogP) is 4.38. The van der Waals surface area contributed by atoms with Crippen LogP contribution in [0.3, 0.4) is 0 Å². The van der Waals surface area contributed by atoms with Crippen LogP contribution in [0, 0.1) is 0 Å². The zero-order valence-corrected chi connectivity index (χ0v) is 15.8. The summed E-state index contributed by atoms with van der Waals surface area (Å²) in [6.07, 6.45) is -2.30. The topological polar surface area (TPSA) is 92.9 Å². The zero-order valence-electron chi connectivity index (χ0n) is 15.8. The van der Waals surface area contributed by atoms with Gasteiger partial charge in [0, 0.05) is 18.4 Å². The molecule has 12 heteroatoms. The number of halogens is 5. The highest BCUT2D eigenvalue weighted by Crippen LogP contribution is 2.32. The number of pyridine rings is 1. The van der Waals surface area contributed by atoms with Crippen molar-refractivity contribution < 1.29 is 31.2 Å². The SMILES string of the molecule is FCF.O=C1NCCC1c1nnc(-c2ncccc2Nc2ccc(C(F)(F)F)cc2)o1. The first-order valence-electron chi connectivity index (χ1n) is 8.96. The van der Waals surface area contributed by atoms with Gasteiger partial charge in [0.1, 0.15) is 5.92 Å². The number of aromatic nitrogens is 3. The van der Waals surface area contributed by atoms with Crippen LogP contribution in [0.15, 0.2) is 47.0 Å². The monoisotopic (exact) mass is 441 g/mol. The van der Waals surface area contributed by atoms with Gasteiger partial charge >= 0.3 is 6.18 Å². The number of rotatable bonds is 4. The molecule has 0 radical (unpaired) electrons. The lowest BCUT2D eigenvalue weighted by atomic mass is 10.1. The van der Waals surface area contributed by atoms with Gasteiger partial charge in [0.05, 0.1) is 11.3 Å². The summed E-state index contributed by atoms with van der Waals surface area (Å²) in [6.45, 7) is -1.20. The predicted molar refractivity (Wildman–Crippen MR) is 99.7 cm³/mol. The Labute approximate surface area is 172 Å². The number of carbonyl (C=O) groups excluding carboxylic acids is 1. The van der Waals surface area contributed by atoms with Crippen molar-refractivity contribution in [2.24, 2.45) is 0 Å². The molecule has 0 spiro atoms. The van der Waals surface area contributed by atoms with E-state index in [0.29, 0.717) is 30.0 Å². The van der Waals surface area contributed by atoms with E-state index in [9.17, 15) is 26.7 Å². The molecule has 1 aromatic carbocycles. The Bertz CT molecular complexity index is 1020. The molecule has 1 aliphatic rings. The fourth-order valence-electron chi connectivity index (χ4n) is 2.88. The van der Waals surface area contributed by atoms with Crippen LogP contribution in [-0.2, 0) is 11.0 Å². The Morgan fingerprint density at radius 1 is 1.13 bits per heavy atom. The lowest BCUT2D eigenvalue weighted by molar-refractivity contribution is -0.137. The minimum atomic E-state index is -4.40. The van der Waals surface area contributed by atoms with Crippen molar-refractivity contribution in [2.45, 2.75) is 18.5 Å². The molecule has 164 valence electrons. The van der Waals surface area contributed by atoms with Crippen LogP contribution in [0.2, 0.25) is 0 Å². The molecule has 2 N–H and O–H groups in total. The molecule has 1 amide bonds. The molecule has 0 bridgehead atoms. The smallest absolute Gasteiger partial charge is 0.416 e. The van der Waals surface area contributed by atoms with Gasteiger partial charge in [-0.25, -0.2) is 13.8 Å². The molecular formula is C19H16F5N5O2. The first kappa shape index (κ1) is 22.1. The third-order valence-electron chi connectivity index (χ3n) is 4.29. The largest absolute Gasteiger partial charge is 0.418 e. The van der Waals surface area contributed by atoms with Crippen molar-refractivity contribution in [3.8, 4) is 11.6 Å². The number of hydrogen-bond donors (Lipinski definition) is 2. The molecule has 1 saturated heterocycles. The second kappa shape index (κ2) is 9.49. The van der Waals surface area contributed by atoms with E-state index in [-0.39, 0.29) is 17.7 Å². The van der Waals surface area contributed by atoms with Gasteiger partial charge in [-0.2, -0.15) is 13.2 Å². The van der Waals surface area contributed by atoms with Crippen LogP contribution >= 0.6 is 0 Å². The maximum Gasteiger partial charge on any atom is 0.416 e. The summed E-state index contributed by atoms with van der Waals surface area (Å²) in [7, 11) is 0. The van der Waals surface area contributed by atoms with Crippen molar-refractivity contribution in [3.63, 3.8) is 0 Å². The minimum Gasteiger partial charge on any atom is -0.418 e. The van der Waals surface area contributed by atoms with Crippen molar-refractivity contribution >= 4 is 17.3 Å². The van der Waals surface area contributed by atoms with Crippen LogP contribution in [0.5, 0.6) is 0 Å². The van der Waals surface area contributed by atoms with E-state index in [2.05, 4.69) is 25.8 Å². The fourth-order valence-corrected chi connectivity index (χ4v) is 2.88. The van der Waals surface area contributed by atoms with Crippen LogP contribution in [-0.4, -0.2) is 34.6 Å². The average molecular weight is 441 g/mol. The van der Waals surface area contributed by atoms with E-state index in [1.807, 2.05) is 0 Å². The minimum absolute atomic E-state index is 0.115. The van der Waals surface area contributed by atoms with Gasteiger partial charge in [-0.15, -0.1) is 10.2 Å². The van der Waals surface area contributed by atoms with E-state index in [1.165, 1.54) is 18.3 Å². The van der Waals surface area contributed by atoms with Crippen molar-refractivity contribution in [1.29, 1.82) is 0 Å². The summed E-state index contributed by atoms with van der Waals surface area (Å²) in [5, 5.41) is 13.6. The first-order valence-corrected chi connectivity index (χ1v) is 8.96. The molecule has 1 aliphatic heterocycles. The summed E-state index contributed by atoms with van der Waals surface area (Å²) in [6, 6.07) is 7.97. The maximum absolute atomic E-state index is 12.7. The van der Waals surface area contributed by atoms with Gasteiger partial charge in [0.25, 0.3) is 5.89 Å². The molecule has 1 atom stereocenters. The highest BCUT2D eigenvalue weighted by atomic mass is 19.4. The number of nitrogens with one attached hydrogen (secondary N) is 2. The Balaban J connectivity index is 0.000000858. The molecule has 3 heterocycles. The second-order valence-corrected chi connectivity index (χ2v) is 6.28. The van der Waals surface area contributed by atoms with Crippen LogP contribution in [0.25, 0.3) is 11.6 Å². The third-order valence-corrected chi connectivity index (χ3v) is 4.29. The van der Waals surface area contributed by atoms with Crippen LogP contribution in [0.4, 0.5) is 33.3 Å². The summed E-state index contributed by atoms with van der Waals surface area (Å²) in [5.41, 5.74) is 0.519. The molecule has 3 aromatic rings. The van der Waals surface area contributed by atoms with Gasteiger partial charge < -0.3 is 15.1 Å². The number of anilines is 2. The second-order valence-electron chi connectivity index (χ2n) is 6.28. The van der Waals surface area contributed by atoms with Crippen molar-refractivity contribution in [3.05, 3.63) is 54.0 Å². The summed E-state index contributed by atoms with van der Waals surface area (Å²) in [5.74, 6) is -0.337. The molecule has 31 heavy (non-hydrogen) atoms. The Morgan fingerprint density at radius 2 is 1.84 bits per heavy atom. The highest BCUT2D eigenvalue weighted by molar-refractivity contribution is 5.84. The fraction of sp³-hybridized carbons (Fsp3) is 0.263. The number of alkyl halides is 5. The zero-order chi connectivity index (χ0) is 22.4. The van der Waals surface area contributed by atoms with Crippen LogP contribution in [0.1, 0.15) is 23.8 Å². The summed E-state index contributed by atoms with van der Waals surface area (Å²) < 4.78 is 63.0. The lowest BCUT2D eigenvalue weighted by Gasteiger charge is -2.11. The van der Waals surface area contributed by atoms with E-state index in [0.717, 1.165) is 12.1 Å². The summed E-state index contributed by atoms with van der Waals surface area (Å²) >= 11 is 0. The Morgan fingerprint density at radius 3 is 2.45 bits per heavy atom. The molecule has 1 unspecified atom stereocenters. The quantitative estimate of drug-likeness (QED) is 0.584. The number of amides is 1. The molecule has 2 aromatic heterocycles. The van der Waals surface area contributed by atoms with Gasteiger partial charge in [-0.1, -0.05) is 0 Å². The number of carbonyl (C=O) groups is 1. The van der Waals surface area contributed by atoms with E-state index < -0.39 is 24.6 Å². The molecule has 4 rings (SSSR count).